The lowest BCUT2D eigenvalue weighted by molar-refractivity contribution is 0.334. The van der Waals surface area contributed by atoms with E-state index >= 15 is 0 Å². The lowest BCUT2D eigenvalue weighted by atomic mass is 10.3. The fourth-order valence-electron chi connectivity index (χ4n) is 2.24. The number of likely N-dealkylation sites (tertiary alicyclic amines) is 1. The molecule has 0 aromatic heterocycles. The van der Waals surface area contributed by atoms with Crippen molar-refractivity contribution in [2.45, 2.75) is 24.2 Å². The van der Waals surface area contributed by atoms with E-state index in [0.717, 1.165) is 31.8 Å². The third-order valence-electron chi connectivity index (χ3n) is 3.34. The predicted octanol–water partition coefficient (Wildman–Crippen LogP) is 1.73. The minimum absolute atomic E-state index is 0.252. The molecule has 1 aromatic carbocycles. The monoisotopic (exact) mass is 304 g/mol. The second kappa shape index (κ2) is 6.60. The van der Waals surface area contributed by atoms with E-state index in [2.05, 4.69) is 9.62 Å². The van der Waals surface area contributed by atoms with Gasteiger partial charge in [0.15, 0.2) is 11.6 Å². The van der Waals surface area contributed by atoms with Gasteiger partial charge >= 0.3 is 0 Å². The molecule has 1 aliphatic rings. The number of hydrogen-bond donors (Lipinski definition) is 1. The van der Waals surface area contributed by atoms with Crippen molar-refractivity contribution in [3.05, 3.63) is 29.8 Å². The molecule has 0 amide bonds. The highest BCUT2D eigenvalue weighted by atomic mass is 32.2. The molecule has 1 aliphatic heterocycles. The summed E-state index contributed by atoms with van der Waals surface area (Å²) < 4.78 is 52.0. The van der Waals surface area contributed by atoms with Gasteiger partial charge in [-0.25, -0.2) is 21.9 Å². The molecule has 1 fully saturated rings. The topological polar surface area (TPSA) is 49.4 Å². The Kier molecular flexibility index (Phi) is 5.06. The molecule has 0 saturated carbocycles. The molecule has 0 atom stereocenters. The summed E-state index contributed by atoms with van der Waals surface area (Å²) in [5.74, 6) is -2.22. The van der Waals surface area contributed by atoms with Crippen molar-refractivity contribution in [1.29, 1.82) is 0 Å². The Hall–Kier alpha value is -1.05. The second-order valence-electron chi connectivity index (χ2n) is 4.88. The van der Waals surface area contributed by atoms with Crippen LogP contribution < -0.4 is 4.72 Å². The zero-order valence-electron chi connectivity index (χ0n) is 11.1. The zero-order valence-corrected chi connectivity index (χ0v) is 11.9. The van der Waals surface area contributed by atoms with E-state index in [9.17, 15) is 17.2 Å². The summed E-state index contributed by atoms with van der Waals surface area (Å²) in [7, 11) is -3.77. The summed E-state index contributed by atoms with van der Waals surface area (Å²) in [5.41, 5.74) is 0. The van der Waals surface area contributed by atoms with Crippen LogP contribution in [0.3, 0.4) is 0 Å². The van der Waals surface area contributed by atoms with Crippen molar-refractivity contribution >= 4 is 10.0 Å². The van der Waals surface area contributed by atoms with E-state index in [1.165, 1.54) is 12.8 Å². The molecule has 112 valence electrons. The van der Waals surface area contributed by atoms with Gasteiger partial charge in [-0.15, -0.1) is 0 Å². The summed E-state index contributed by atoms with van der Waals surface area (Å²) in [4.78, 5) is 2.03. The van der Waals surface area contributed by atoms with Crippen molar-refractivity contribution < 1.29 is 17.2 Å². The van der Waals surface area contributed by atoms with Crippen molar-refractivity contribution in [3.63, 3.8) is 0 Å². The van der Waals surface area contributed by atoms with E-state index in [1.807, 2.05) is 0 Å². The minimum atomic E-state index is -3.77. The SMILES string of the molecule is O=S(=O)(NCCCN1CCCC1)c1ccc(F)c(F)c1. The quantitative estimate of drug-likeness (QED) is 0.814. The number of sulfonamides is 1. The van der Waals surface area contributed by atoms with Crippen LogP contribution in [-0.4, -0.2) is 39.5 Å². The first-order chi connectivity index (χ1) is 9.49. The van der Waals surface area contributed by atoms with Crippen LogP contribution in [0.5, 0.6) is 0 Å². The maximum Gasteiger partial charge on any atom is 0.240 e. The molecule has 2 rings (SSSR count). The van der Waals surface area contributed by atoms with Gasteiger partial charge in [0, 0.05) is 6.54 Å². The van der Waals surface area contributed by atoms with E-state index in [0.29, 0.717) is 12.5 Å². The Morgan fingerprint density at radius 3 is 2.50 bits per heavy atom. The van der Waals surface area contributed by atoms with Gasteiger partial charge in [-0.2, -0.15) is 0 Å². The van der Waals surface area contributed by atoms with Crippen LogP contribution in [-0.2, 0) is 10.0 Å². The highest BCUT2D eigenvalue weighted by Crippen LogP contribution is 2.13. The fraction of sp³-hybridized carbons (Fsp3) is 0.538. The third kappa shape index (κ3) is 3.97. The van der Waals surface area contributed by atoms with E-state index in [-0.39, 0.29) is 11.4 Å². The lowest BCUT2D eigenvalue weighted by Crippen LogP contribution is -2.28. The van der Waals surface area contributed by atoms with Crippen LogP contribution in [0.25, 0.3) is 0 Å². The first kappa shape index (κ1) is 15.3. The van der Waals surface area contributed by atoms with Gasteiger partial charge in [-0.1, -0.05) is 0 Å². The number of benzene rings is 1. The van der Waals surface area contributed by atoms with Crippen LogP contribution in [0, 0.1) is 11.6 Å². The standard InChI is InChI=1S/C13H18F2N2O2S/c14-12-5-4-11(10-13(12)15)20(18,19)16-6-3-9-17-7-1-2-8-17/h4-5,10,16H,1-3,6-9H2. The third-order valence-corrected chi connectivity index (χ3v) is 4.80. The molecule has 1 heterocycles. The summed E-state index contributed by atoms with van der Waals surface area (Å²) in [5, 5.41) is 0. The highest BCUT2D eigenvalue weighted by molar-refractivity contribution is 7.89. The normalized spacial score (nSPS) is 16.7. The molecule has 1 aromatic rings. The van der Waals surface area contributed by atoms with Crippen molar-refractivity contribution in [2.24, 2.45) is 0 Å². The fourth-order valence-corrected chi connectivity index (χ4v) is 3.33. The first-order valence-electron chi connectivity index (χ1n) is 6.66. The van der Waals surface area contributed by atoms with Crippen LogP contribution in [0.1, 0.15) is 19.3 Å². The van der Waals surface area contributed by atoms with Gasteiger partial charge in [0.2, 0.25) is 10.0 Å². The molecule has 0 bridgehead atoms. The maximum absolute atomic E-state index is 13.0. The number of hydrogen-bond acceptors (Lipinski definition) is 3. The first-order valence-corrected chi connectivity index (χ1v) is 8.14. The van der Waals surface area contributed by atoms with Crippen LogP contribution in [0.15, 0.2) is 23.1 Å². The molecule has 1 N–H and O–H groups in total. The number of nitrogens with zero attached hydrogens (tertiary/aromatic N) is 1. The van der Waals surface area contributed by atoms with Gasteiger partial charge < -0.3 is 4.90 Å². The Balaban J connectivity index is 1.85. The largest absolute Gasteiger partial charge is 0.303 e. The van der Waals surface area contributed by atoms with Crippen LogP contribution in [0.2, 0.25) is 0 Å². The average molecular weight is 304 g/mol. The Labute approximate surface area is 117 Å². The molecule has 0 radical (unpaired) electrons. The van der Waals surface area contributed by atoms with Crippen molar-refractivity contribution in [3.8, 4) is 0 Å². The lowest BCUT2D eigenvalue weighted by Gasteiger charge is -2.14. The van der Waals surface area contributed by atoms with Gasteiger partial charge in [0.25, 0.3) is 0 Å². The number of halogens is 2. The number of rotatable bonds is 6. The Morgan fingerprint density at radius 1 is 1.15 bits per heavy atom. The average Bonchev–Trinajstić information content (AvgIpc) is 2.91. The van der Waals surface area contributed by atoms with E-state index < -0.39 is 21.7 Å². The molecule has 20 heavy (non-hydrogen) atoms. The van der Waals surface area contributed by atoms with Crippen LogP contribution >= 0.6 is 0 Å². The molecule has 0 unspecified atom stereocenters. The molecule has 0 spiro atoms. The van der Waals surface area contributed by atoms with Gasteiger partial charge in [0.1, 0.15) is 0 Å². The second-order valence-corrected chi connectivity index (χ2v) is 6.64. The van der Waals surface area contributed by atoms with Gasteiger partial charge in [-0.05, 0) is 57.1 Å². The summed E-state index contributed by atoms with van der Waals surface area (Å²) in [6.07, 6.45) is 3.09. The van der Waals surface area contributed by atoms with Crippen molar-refractivity contribution in [1.82, 2.24) is 9.62 Å². The van der Waals surface area contributed by atoms with E-state index in [4.69, 9.17) is 0 Å². The van der Waals surface area contributed by atoms with Gasteiger partial charge in [-0.3, -0.25) is 0 Å². The zero-order chi connectivity index (χ0) is 14.6. The highest BCUT2D eigenvalue weighted by Gasteiger charge is 2.16. The smallest absolute Gasteiger partial charge is 0.240 e. The Bertz CT molecular complexity index is 557. The number of nitrogens with one attached hydrogen (secondary N) is 1. The van der Waals surface area contributed by atoms with E-state index in [1.54, 1.807) is 0 Å². The molecule has 0 aliphatic carbocycles. The summed E-state index contributed by atoms with van der Waals surface area (Å²) >= 11 is 0. The molecule has 1 saturated heterocycles. The summed E-state index contributed by atoms with van der Waals surface area (Å²) in [6.45, 7) is 3.27. The van der Waals surface area contributed by atoms with Gasteiger partial charge in [0.05, 0.1) is 4.90 Å². The van der Waals surface area contributed by atoms with Crippen molar-refractivity contribution in [2.75, 3.05) is 26.2 Å². The molecule has 7 heteroatoms. The minimum Gasteiger partial charge on any atom is -0.303 e. The molecule has 4 nitrogen and oxygen atoms in total. The predicted molar refractivity (Wildman–Crippen MR) is 71.8 cm³/mol. The molecular formula is C13H18F2N2O2S. The van der Waals surface area contributed by atoms with Crippen LogP contribution in [0.4, 0.5) is 8.78 Å². The summed E-state index contributed by atoms with van der Waals surface area (Å²) in [6, 6.07) is 2.56. The Morgan fingerprint density at radius 2 is 1.85 bits per heavy atom. The molecular weight excluding hydrogens is 286 g/mol. The maximum atomic E-state index is 13.0.